The van der Waals surface area contributed by atoms with Crippen molar-refractivity contribution in [3.05, 3.63) is 38.7 Å². The van der Waals surface area contributed by atoms with Crippen molar-refractivity contribution in [3.8, 4) is 0 Å². The molecular formula is C18H21F3N2O5. The third-order valence-corrected chi connectivity index (χ3v) is 3.83. The number of carbonyl (C=O) groups excluding carboxylic acids is 2. The van der Waals surface area contributed by atoms with Crippen LogP contribution in [0.15, 0.2) is 4.99 Å². The van der Waals surface area contributed by atoms with Gasteiger partial charge >= 0.3 is 11.7 Å². The van der Waals surface area contributed by atoms with Gasteiger partial charge in [-0.2, -0.15) is 4.39 Å². The molecule has 0 spiro atoms. The van der Waals surface area contributed by atoms with Crippen LogP contribution in [0.4, 0.5) is 18.9 Å². The molecule has 0 aromatic heterocycles. The van der Waals surface area contributed by atoms with Crippen LogP contribution < -0.4 is 0 Å². The Morgan fingerprint density at radius 3 is 2.36 bits per heavy atom. The number of halogens is 3. The van der Waals surface area contributed by atoms with Crippen molar-refractivity contribution in [2.45, 2.75) is 40.0 Å². The number of aliphatic imine (C=N–C) groups is 1. The SMILES string of the molecule is CCCCOC(=O)C(C=NCCC)C(=O)c1c(F)c(C)c(F)c(F)c1[N+](=O)[O-]. The summed E-state index contributed by atoms with van der Waals surface area (Å²) in [5.74, 6) is -9.70. The summed E-state index contributed by atoms with van der Waals surface area (Å²) in [6.07, 6.45) is 2.65. The molecule has 0 heterocycles. The standard InChI is InChI=1S/C18H21F3N2O5/c1-4-6-8-28-18(25)11(9-22-7-5-2)17(24)12-13(19)10(3)14(20)15(21)16(12)23(26)27/h9,11H,4-8H2,1-3H3. The van der Waals surface area contributed by atoms with Gasteiger partial charge in [-0.05, 0) is 19.8 Å². The number of esters is 1. The number of hydrogen-bond acceptors (Lipinski definition) is 6. The van der Waals surface area contributed by atoms with Crippen LogP contribution in [0.25, 0.3) is 0 Å². The number of unbranched alkanes of at least 4 members (excludes halogenated alkanes) is 1. The second-order valence-corrected chi connectivity index (χ2v) is 5.97. The topological polar surface area (TPSA) is 98.9 Å². The summed E-state index contributed by atoms with van der Waals surface area (Å²) in [6, 6.07) is 0. The van der Waals surface area contributed by atoms with E-state index in [0.717, 1.165) is 13.1 Å². The van der Waals surface area contributed by atoms with Gasteiger partial charge in [-0.25, -0.2) is 8.78 Å². The van der Waals surface area contributed by atoms with E-state index in [4.69, 9.17) is 4.74 Å². The Kier molecular flexibility index (Phi) is 8.75. The number of Topliss-reactive ketones (excluding diaryl/α,β-unsaturated/α-hetero) is 1. The molecule has 0 radical (unpaired) electrons. The zero-order chi connectivity index (χ0) is 21.4. The quantitative estimate of drug-likeness (QED) is 0.0863. The van der Waals surface area contributed by atoms with E-state index in [1.807, 2.05) is 6.92 Å². The van der Waals surface area contributed by atoms with Crippen molar-refractivity contribution in [3.63, 3.8) is 0 Å². The van der Waals surface area contributed by atoms with Gasteiger partial charge < -0.3 is 4.74 Å². The Balaban J connectivity index is 3.50. The molecule has 1 unspecified atom stereocenters. The zero-order valence-corrected chi connectivity index (χ0v) is 15.8. The van der Waals surface area contributed by atoms with Crippen LogP contribution in [-0.4, -0.2) is 36.0 Å². The monoisotopic (exact) mass is 402 g/mol. The lowest BCUT2D eigenvalue weighted by Crippen LogP contribution is -2.30. The highest BCUT2D eigenvalue weighted by Gasteiger charge is 2.39. The number of nitro groups is 1. The van der Waals surface area contributed by atoms with E-state index in [1.54, 1.807) is 6.92 Å². The predicted octanol–water partition coefficient (Wildman–Crippen LogP) is 3.94. The molecule has 1 aromatic rings. The van der Waals surface area contributed by atoms with Crippen LogP contribution in [0.1, 0.15) is 49.0 Å². The Morgan fingerprint density at radius 1 is 1.18 bits per heavy atom. The normalized spacial score (nSPS) is 12.2. The Morgan fingerprint density at radius 2 is 1.82 bits per heavy atom. The molecule has 0 N–H and O–H groups in total. The molecular weight excluding hydrogens is 381 g/mol. The lowest BCUT2D eigenvalue weighted by molar-refractivity contribution is -0.388. The molecule has 1 atom stereocenters. The van der Waals surface area contributed by atoms with Crippen molar-refractivity contribution in [1.29, 1.82) is 0 Å². The minimum atomic E-state index is -1.98. The molecule has 10 heteroatoms. The van der Waals surface area contributed by atoms with E-state index in [1.165, 1.54) is 0 Å². The van der Waals surface area contributed by atoms with E-state index in [0.29, 0.717) is 19.3 Å². The highest BCUT2D eigenvalue weighted by Crippen LogP contribution is 2.32. The van der Waals surface area contributed by atoms with Gasteiger partial charge in [0.1, 0.15) is 11.4 Å². The first-order valence-electron chi connectivity index (χ1n) is 8.71. The van der Waals surface area contributed by atoms with Crippen molar-refractivity contribution < 1.29 is 32.4 Å². The minimum absolute atomic E-state index is 0.0257. The summed E-state index contributed by atoms with van der Waals surface area (Å²) in [6.45, 7) is 4.64. The van der Waals surface area contributed by atoms with E-state index in [-0.39, 0.29) is 13.2 Å². The van der Waals surface area contributed by atoms with Gasteiger partial charge in [-0.3, -0.25) is 24.7 Å². The van der Waals surface area contributed by atoms with Gasteiger partial charge in [0.05, 0.1) is 11.5 Å². The first-order valence-corrected chi connectivity index (χ1v) is 8.71. The fourth-order valence-corrected chi connectivity index (χ4v) is 2.27. The molecule has 0 amide bonds. The molecule has 1 aromatic carbocycles. The molecule has 0 saturated heterocycles. The Labute approximate surface area is 159 Å². The summed E-state index contributed by atoms with van der Waals surface area (Å²) < 4.78 is 47.2. The lowest BCUT2D eigenvalue weighted by Gasteiger charge is -2.13. The van der Waals surface area contributed by atoms with Crippen LogP contribution in [0.3, 0.4) is 0 Å². The largest absolute Gasteiger partial charge is 0.465 e. The minimum Gasteiger partial charge on any atom is -0.465 e. The van der Waals surface area contributed by atoms with Gasteiger partial charge in [-0.1, -0.05) is 20.3 Å². The number of nitrogens with zero attached hydrogens (tertiary/aromatic N) is 2. The highest BCUT2D eigenvalue weighted by molar-refractivity contribution is 6.20. The zero-order valence-electron chi connectivity index (χ0n) is 15.8. The Hall–Kier alpha value is -2.78. The molecule has 0 fully saturated rings. The van der Waals surface area contributed by atoms with Crippen molar-refractivity contribution >= 4 is 23.7 Å². The van der Waals surface area contributed by atoms with Crippen LogP contribution in [-0.2, 0) is 9.53 Å². The van der Waals surface area contributed by atoms with Crippen LogP contribution in [0, 0.1) is 40.4 Å². The van der Waals surface area contributed by atoms with Gasteiger partial charge in [0, 0.05) is 18.3 Å². The fourth-order valence-electron chi connectivity index (χ4n) is 2.27. The maximum Gasteiger partial charge on any atom is 0.322 e. The van der Waals surface area contributed by atoms with E-state index >= 15 is 0 Å². The van der Waals surface area contributed by atoms with E-state index in [2.05, 4.69) is 4.99 Å². The second-order valence-electron chi connectivity index (χ2n) is 5.97. The highest BCUT2D eigenvalue weighted by atomic mass is 19.2. The molecule has 0 aliphatic rings. The predicted molar refractivity (Wildman–Crippen MR) is 95.0 cm³/mol. The van der Waals surface area contributed by atoms with Crippen LogP contribution in [0.5, 0.6) is 0 Å². The number of rotatable bonds is 10. The average molecular weight is 402 g/mol. The first-order chi connectivity index (χ1) is 13.2. The van der Waals surface area contributed by atoms with Gasteiger partial charge in [-0.15, -0.1) is 0 Å². The fraction of sp³-hybridized carbons (Fsp3) is 0.500. The third kappa shape index (κ3) is 5.14. The summed E-state index contributed by atoms with van der Waals surface area (Å²) in [5.41, 5.74) is -3.89. The number of carbonyl (C=O) groups is 2. The number of benzene rings is 1. The lowest BCUT2D eigenvalue weighted by atomic mass is 9.94. The second kappa shape index (κ2) is 10.5. The molecule has 0 aliphatic carbocycles. The number of nitro benzene ring substituents is 1. The molecule has 0 aliphatic heterocycles. The molecule has 1 rings (SSSR count). The summed E-state index contributed by atoms with van der Waals surface area (Å²) in [5, 5.41) is 11.2. The van der Waals surface area contributed by atoms with E-state index in [9.17, 15) is 32.9 Å². The van der Waals surface area contributed by atoms with Gasteiger partial charge in [0.15, 0.2) is 17.5 Å². The molecule has 0 bridgehead atoms. The average Bonchev–Trinajstić information content (AvgIpc) is 2.65. The molecule has 28 heavy (non-hydrogen) atoms. The maximum absolute atomic E-state index is 14.5. The van der Waals surface area contributed by atoms with Crippen molar-refractivity contribution in [2.75, 3.05) is 13.2 Å². The number of ketones is 1. The van der Waals surface area contributed by atoms with Crippen molar-refractivity contribution in [2.24, 2.45) is 10.9 Å². The van der Waals surface area contributed by atoms with E-state index < -0.39 is 56.9 Å². The van der Waals surface area contributed by atoms with Gasteiger partial charge in [0.25, 0.3) is 0 Å². The summed E-state index contributed by atoms with van der Waals surface area (Å²) in [4.78, 5) is 38.6. The van der Waals surface area contributed by atoms with Crippen LogP contribution >= 0.6 is 0 Å². The Bertz CT molecular complexity index is 796. The number of hydrogen-bond donors (Lipinski definition) is 0. The molecule has 154 valence electrons. The molecule has 0 saturated carbocycles. The summed E-state index contributed by atoms with van der Waals surface area (Å²) in [7, 11) is 0. The van der Waals surface area contributed by atoms with Crippen molar-refractivity contribution in [1.82, 2.24) is 0 Å². The van der Waals surface area contributed by atoms with Crippen LogP contribution in [0.2, 0.25) is 0 Å². The molecule has 7 nitrogen and oxygen atoms in total. The smallest absolute Gasteiger partial charge is 0.322 e. The summed E-state index contributed by atoms with van der Waals surface area (Å²) >= 11 is 0. The number of ether oxygens (including phenoxy) is 1. The third-order valence-electron chi connectivity index (χ3n) is 3.83. The van der Waals surface area contributed by atoms with Gasteiger partial charge in [0.2, 0.25) is 5.82 Å². The first kappa shape index (κ1) is 23.3. The maximum atomic E-state index is 14.5.